The number of thioether (sulfide) groups is 1. The normalized spacial score (nSPS) is 29.9. The van der Waals surface area contributed by atoms with E-state index >= 15 is 0 Å². The summed E-state index contributed by atoms with van der Waals surface area (Å²) < 4.78 is 4.71. The lowest BCUT2D eigenvalue weighted by atomic mass is 9.71. The van der Waals surface area contributed by atoms with Gasteiger partial charge < -0.3 is 19.6 Å². The molecule has 10 heteroatoms. The first-order valence-corrected chi connectivity index (χ1v) is 15.4. The van der Waals surface area contributed by atoms with Crippen LogP contribution >= 0.6 is 39.3 Å². The van der Waals surface area contributed by atoms with Crippen LogP contribution in [0.5, 0.6) is 0 Å². The number of halogens is 2. The molecule has 4 rings (SSSR count). The van der Waals surface area contributed by atoms with Crippen LogP contribution in [0.4, 0.5) is 5.69 Å². The largest absolute Gasteiger partial charge is 0.465 e. The van der Waals surface area contributed by atoms with Gasteiger partial charge in [0.25, 0.3) is 5.91 Å². The Kier molecular flexibility index (Phi) is 9.25. The number of aliphatic hydroxyl groups excluding tert-OH is 1. The predicted molar refractivity (Wildman–Crippen MR) is 159 cm³/mol. The Morgan fingerprint density at radius 3 is 2.67 bits per heavy atom. The van der Waals surface area contributed by atoms with E-state index in [0.29, 0.717) is 23.6 Å². The fraction of sp³-hybridized carbons (Fsp3) is 0.552. The minimum absolute atomic E-state index is 0.0831. The zero-order valence-corrected chi connectivity index (χ0v) is 25.7. The third-order valence-corrected chi connectivity index (χ3v) is 11.7. The second-order valence-corrected chi connectivity index (χ2v) is 13.9. The van der Waals surface area contributed by atoms with Crippen LogP contribution in [-0.4, -0.2) is 74.5 Å². The van der Waals surface area contributed by atoms with Crippen molar-refractivity contribution in [3.8, 4) is 0 Å². The van der Waals surface area contributed by atoms with Crippen LogP contribution in [0.1, 0.15) is 32.3 Å². The van der Waals surface area contributed by atoms with Gasteiger partial charge in [0, 0.05) is 16.6 Å². The highest BCUT2D eigenvalue weighted by Gasteiger charge is 2.76. The number of para-hydroxylation sites is 1. The number of alkyl halides is 1. The summed E-state index contributed by atoms with van der Waals surface area (Å²) in [5, 5.41) is 10.7. The van der Waals surface area contributed by atoms with Gasteiger partial charge in [-0.05, 0) is 37.3 Å². The van der Waals surface area contributed by atoms with Crippen LogP contribution in [0.15, 0.2) is 43.5 Å². The summed E-state index contributed by atoms with van der Waals surface area (Å²) >= 11 is 11.9. The van der Waals surface area contributed by atoms with Crippen molar-refractivity contribution in [3.05, 3.63) is 54.1 Å². The Balaban J connectivity index is 1.85. The molecular formula is C29H36BrClN2O5S. The lowest BCUT2D eigenvalue weighted by molar-refractivity contribution is -0.154. The van der Waals surface area contributed by atoms with Gasteiger partial charge in [0.1, 0.15) is 6.04 Å². The van der Waals surface area contributed by atoms with Crippen molar-refractivity contribution in [1.29, 1.82) is 0 Å². The molecule has 1 aromatic rings. The van der Waals surface area contributed by atoms with Crippen LogP contribution in [0.2, 0.25) is 5.02 Å². The van der Waals surface area contributed by atoms with E-state index in [1.54, 1.807) is 28.0 Å². The highest BCUT2D eigenvalue weighted by atomic mass is 79.9. The van der Waals surface area contributed by atoms with E-state index in [-0.39, 0.29) is 47.6 Å². The summed E-state index contributed by atoms with van der Waals surface area (Å²) in [6, 6.07) is 3.93. The van der Waals surface area contributed by atoms with Crippen LogP contribution in [0.25, 0.3) is 0 Å². The third kappa shape index (κ3) is 4.98. The van der Waals surface area contributed by atoms with E-state index in [9.17, 15) is 19.5 Å². The summed E-state index contributed by atoms with van der Waals surface area (Å²) in [6.45, 7) is 13.3. The zero-order chi connectivity index (χ0) is 28.6. The van der Waals surface area contributed by atoms with E-state index in [4.69, 9.17) is 16.3 Å². The lowest BCUT2D eigenvalue weighted by Crippen LogP contribution is -2.59. The maximum absolute atomic E-state index is 14.7. The molecule has 39 heavy (non-hydrogen) atoms. The number of nitrogens with zero attached hydrogens (tertiary/aromatic N) is 2. The number of anilines is 1. The number of hydrogen-bond donors (Lipinski definition) is 1. The molecule has 1 spiro atoms. The van der Waals surface area contributed by atoms with Gasteiger partial charge in [-0.15, -0.1) is 24.9 Å². The van der Waals surface area contributed by atoms with Crippen LogP contribution in [0.3, 0.4) is 0 Å². The molecule has 0 aliphatic carbocycles. The van der Waals surface area contributed by atoms with E-state index in [0.717, 1.165) is 5.56 Å². The van der Waals surface area contributed by atoms with Crippen molar-refractivity contribution in [2.45, 2.75) is 60.5 Å². The smallest absolute Gasteiger partial charge is 0.310 e. The second kappa shape index (κ2) is 12.0. The van der Waals surface area contributed by atoms with Gasteiger partial charge >= 0.3 is 5.97 Å². The number of likely N-dealkylation sites (tertiary alicyclic amines) is 1. The molecule has 3 aliphatic heterocycles. The van der Waals surface area contributed by atoms with Gasteiger partial charge in [-0.3, -0.25) is 14.4 Å². The number of aliphatic hydroxyl groups is 1. The fourth-order valence-electron chi connectivity index (χ4n) is 6.47. The molecule has 3 saturated heterocycles. The predicted octanol–water partition coefficient (Wildman–Crippen LogP) is 4.77. The van der Waals surface area contributed by atoms with E-state index in [1.807, 2.05) is 32.9 Å². The van der Waals surface area contributed by atoms with Gasteiger partial charge in [0.2, 0.25) is 5.91 Å². The first-order chi connectivity index (χ1) is 18.5. The molecule has 3 aliphatic rings. The summed E-state index contributed by atoms with van der Waals surface area (Å²) in [5.41, 5.74) is 1.38. The highest BCUT2D eigenvalue weighted by Crippen LogP contribution is 2.68. The summed E-state index contributed by atoms with van der Waals surface area (Å²) in [7, 11) is 0. The first kappa shape index (κ1) is 30.2. The van der Waals surface area contributed by atoms with Crippen molar-refractivity contribution in [3.63, 3.8) is 0 Å². The standard InChI is InChI=1S/C29H36BrClN2O5S/c1-6-8-13-38-28(37)21-22-26(35)33(20(15-34)16(3)4)25(29(22)14-18(30)24(21)39-29)27(36)32(12-7-2)23-17(5)10-9-11-19(23)31/h6-7,9-11,16,18,20-22,24-25,34H,1-2,8,12-15H2,3-5H3/t18?,20-,21-,22-,24-,25?,29?/m0/s1. The van der Waals surface area contributed by atoms with Crippen LogP contribution in [0, 0.1) is 24.7 Å². The highest BCUT2D eigenvalue weighted by molar-refractivity contribution is 9.09. The lowest BCUT2D eigenvalue weighted by Gasteiger charge is -2.41. The first-order valence-electron chi connectivity index (χ1n) is 13.3. The Bertz CT molecular complexity index is 1140. The molecule has 0 aromatic heterocycles. The molecule has 212 valence electrons. The van der Waals surface area contributed by atoms with Gasteiger partial charge in [-0.25, -0.2) is 0 Å². The summed E-state index contributed by atoms with van der Waals surface area (Å²) in [6.07, 6.45) is 4.35. The maximum atomic E-state index is 14.7. The number of carbonyl (C=O) groups is 3. The van der Waals surface area contributed by atoms with Crippen molar-refractivity contribution in [2.24, 2.45) is 17.8 Å². The van der Waals surface area contributed by atoms with E-state index in [1.165, 1.54) is 11.8 Å². The molecule has 0 radical (unpaired) electrons. The van der Waals surface area contributed by atoms with Gasteiger partial charge in [-0.1, -0.05) is 65.7 Å². The zero-order valence-electron chi connectivity index (χ0n) is 22.5. The number of benzene rings is 1. The van der Waals surface area contributed by atoms with Crippen LogP contribution < -0.4 is 4.90 Å². The molecule has 3 heterocycles. The molecular weight excluding hydrogens is 604 g/mol. The third-order valence-electron chi connectivity index (χ3n) is 8.15. The Hall–Kier alpha value is -1.81. The van der Waals surface area contributed by atoms with E-state index in [2.05, 4.69) is 29.1 Å². The molecule has 3 unspecified atom stereocenters. The Morgan fingerprint density at radius 1 is 1.36 bits per heavy atom. The van der Waals surface area contributed by atoms with E-state index < -0.39 is 34.6 Å². The molecule has 2 amide bonds. The SMILES string of the molecule is C=CCCOC(=O)[C@H]1[C@H]2C(=O)N([C@@H](CO)C(C)C)C(C(=O)N(CC=C)c3c(C)cccc3Cl)C23CC(Br)[C@@H]1S3. The maximum Gasteiger partial charge on any atom is 0.310 e. The molecule has 2 bridgehead atoms. The number of carbonyl (C=O) groups excluding carboxylic acids is 3. The number of amides is 2. The average Bonchev–Trinajstić information content (AvgIpc) is 3.47. The molecule has 7 nitrogen and oxygen atoms in total. The Morgan fingerprint density at radius 2 is 2.08 bits per heavy atom. The van der Waals surface area contributed by atoms with Crippen LogP contribution in [-0.2, 0) is 19.1 Å². The number of fused-ring (bicyclic) bond motifs is 1. The second-order valence-electron chi connectivity index (χ2n) is 10.8. The minimum Gasteiger partial charge on any atom is -0.465 e. The number of esters is 1. The Labute approximate surface area is 248 Å². The molecule has 3 fully saturated rings. The summed E-state index contributed by atoms with van der Waals surface area (Å²) in [4.78, 5) is 45.6. The average molecular weight is 640 g/mol. The molecule has 1 N–H and O–H groups in total. The molecule has 1 aromatic carbocycles. The monoisotopic (exact) mass is 638 g/mol. The number of rotatable bonds is 11. The number of ether oxygens (including phenoxy) is 1. The quantitative estimate of drug-likeness (QED) is 0.163. The molecule has 0 saturated carbocycles. The number of hydrogen-bond acceptors (Lipinski definition) is 6. The van der Waals surface area contributed by atoms with Gasteiger partial charge in [0.15, 0.2) is 0 Å². The fourth-order valence-corrected chi connectivity index (χ4v) is 10.4. The van der Waals surface area contributed by atoms with Gasteiger partial charge in [-0.2, -0.15) is 0 Å². The van der Waals surface area contributed by atoms with Crippen molar-refractivity contribution in [1.82, 2.24) is 4.90 Å². The molecule has 7 atom stereocenters. The summed E-state index contributed by atoms with van der Waals surface area (Å²) in [5.74, 6) is -2.57. The number of aryl methyl sites for hydroxylation is 1. The van der Waals surface area contributed by atoms with Crippen molar-refractivity contribution < 1.29 is 24.2 Å². The minimum atomic E-state index is -0.911. The van der Waals surface area contributed by atoms with Crippen molar-refractivity contribution in [2.75, 3.05) is 24.7 Å². The van der Waals surface area contributed by atoms with Crippen molar-refractivity contribution >= 4 is 62.8 Å². The van der Waals surface area contributed by atoms with Gasteiger partial charge in [0.05, 0.1) is 46.5 Å². The topological polar surface area (TPSA) is 87.1 Å².